The lowest BCUT2D eigenvalue weighted by molar-refractivity contribution is 0.201. The van der Waals surface area contributed by atoms with Crippen LogP contribution < -0.4 is 10.1 Å². The van der Waals surface area contributed by atoms with Crippen LogP contribution in [0.25, 0.3) is 0 Å². The standard InChI is InChI=1S/C15H16ClNO2/c16-13-3-1-12(2-4-13)11-17-14-5-7-15(8-6-14)19-10-9-18/h1-8,17-18H,9-11H2. The van der Waals surface area contributed by atoms with Gasteiger partial charge in [0.25, 0.3) is 0 Å². The number of halogens is 1. The number of aliphatic hydroxyl groups excluding tert-OH is 1. The lowest BCUT2D eigenvalue weighted by atomic mass is 10.2. The molecule has 0 atom stereocenters. The van der Waals surface area contributed by atoms with Crippen LogP contribution in [0.5, 0.6) is 5.75 Å². The fourth-order valence-electron chi connectivity index (χ4n) is 1.64. The molecule has 0 heterocycles. The van der Waals surface area contributed by atoms with Crippen molar-refractivity contribution < 1.29 is 9.84 Å². The fourth-order valence-corrected chi connectivity index (χ4v) is 1.76. The van der Waals surface area contributed by atoms with Gasteiger partial charge in [-0.25, -0.2) is 0 Å². The van der Waals surface area contributed by atoms with E-state index in [0.29, 0.717) is 6.61 Å². The molecule has 0 amide bonds. The number of hydrogen-bond donors (Lipinski definition) is 2. The molecule has 2 N–H and O–H groups in total. The Labute approximate surface area is 117 Å². The number of rotatable bonds is 6. The average Bonchev–Trinajstić information content (AvgIpc) is 2.46. The van der Waals surface area contributed by atoms with Crippen LogP contribution in [0, 0.1) is 0 Å². The van der Waals surface area contributed by atoms with Gasteiger partial charge in [-0.1, -0.05) is 23.7 Å². The summed E-state index contributed by atoms with van der Waals surface area (Å²) in [5.74, 6) is 0.756. The molecular weight excluding hydrogens is 262 g/mol. The number of aliphatic hydroxyl groups is 1. The van der Waals surface area contributed by atoms with E-state index < -0.39 is 0 Å². The van der Waals surface area contributed by atoms with Gasteiger partial charge in [-0.05, 0) is 42.0 Å². The van der Waals surface area contributed by atoms with E-state index in [9.17, 15) is 0 Å². The number of ether oxygens (including phenoxy) is 1. The van der Waals surface area contributed by atoms with Crippen molar-refractivity contribution in [2.24, 2.45) is 0 Å². The first-order valence-electron chi connectivity index (χ1n) is 6.10. The first-order chi connectivity index (χ1) is 9.28. The molecule has 0 spiro atoms. The number of hydrogen-bond acceptors (Lipinski definition) is 3. The maximum atomic E-state index is 8.67. The molecule has 0 bridgehead atoms. The highest BCUT2D eigenvalue weighted by Crippen LogP contribution is 2.17. The third-order valence-corrected chi connectivity index (χ3v) is 2.88. The summed E-state index contributed by atoms with van der Waals surface area (Å²) in [5, 5.41) is 12.7. The van der Waals surface area contributed by atoms with Crippen molar-refractivity contribution in [2.75, 3.05) is 18.5 Å². The molecule has 19 heavy (non-hydrogen) atoms. The summed E-state index contributed by atoms with van der Waals surface area (Å²) in [5.41, 5.74) is 2.19. The van der Waals surface area contributed by atoms with Gasteiger partial charge in [-0.2, -0.15) is 0 Å². The van der Waals surface area contributed by atoms with E-state index in [1.807, 2.05) is 48.5 Å². The highest BCUT2D eigenvalue weighted by molar-refractivity contribution is 6.30. The minimum absolute atomic E-state index is 0.0244. The molecule has 2 aromatic carbocycles. The van der Waals surface area contributed by atoms with Gasteiger partial charge in [0.15, 0.2) is 0 Å². The van der Waals surface area contributed by atoms with E-state index in [-0.39, 0.29) is 6.61 Å². The monoisotopic (exact) mass is 277 g/mol. The highest BCUT2D eigenvalue weighted by Gasteiger charge is 1.96. The molecule has 2 aromatic rings. The second kappa shape index (κ2) is 7.02. The van der Waals surface area contributed by atoms with Gasteiger partial charge < -0.3 is 15.2 Å². The molecule has 100 valence electrons. The Kier molecular flexibility index (Phi) is 5.07. The molecule has 0 fully saturated rings. The quantitative estimate of drug-likeness (QED) is 0.851. The first kappa shape index (κ1) is 13.7. The van der Waals surface area contributed by atoms with E-state index in [1.54, 1.807) is 0 Å². The Morgan fingerprint density at radius 2 is 1.68 bits per heavy atom. The first-order valence-corrected chi connectivity index (χ1v) is 6.48. The van der Waals surface area contributed by atoms with Crippen molar-refractivity contribution in [3.63, 3.8) is 0 Å². The maximum Gasteiger partial charge on any atom is 0.119 e. The fraction of sp³-hybridized carbons (Fsp3) is 0.200. The van der Waals surface area contributed by atoms with E-state index >= 15 is 0 Å². The van der Waals surface area contributed by atoms with Crippen LogP contribution in [0.1, 0.15) is 5.56 Å². The second-order valence-electron chi connectivity index (χ2n) is 4.08. The molecule has 0 unspecified atom stereocenters. The normalized spacial score (nSPS) is 10.2. The molecule has 4 heteroatoms. The molecule has 2 rings (SSSR count). The Hall–Kier alpha value is -1.71. The van der Waals surface area contributed by atoms with E-state index in [4.69, 9.17) is 21.4 Å². The van der Waals surface area contributed by atoms with Crippen molar-refractivity contribution in [1.29, 1.82) is 0 Å². The molecule has 0 aliphatic carbocycles. The van der Waals surface area contributed by atoms with Gasteiger partial charge in [0.2, 0.25) is 0 Å². The van der Waals surface area contributed by atoms with Crippen LogP contribution >= 0.6 is 11.6 Å². The predicted molar refractivity (Wildman–Crippen MR) is 77.8 cm³/mol. The van der Waals surface area contributed by atoms with Gasteiger partial charge in [0.1, 0.15) is 12.4 Å². The van der Waals surface area contributed by atoms with Gasteiger partial charge in [0.05, 0.1) is 6.61 Å². The van der Waals surface area contributed by atoms with Crippen LogP contribution in [-0.4, -0.2) is 18.3 Å². The molecule has 3 nitrogen and oxygen atoms in total. The van der Waals surface area contributed by atoms with E-state index in [0.717, 1.165) is 23.0 Å². The summed E-state index contributed by atoms with van der Waals surface area (Å²) in [6.45, 7) is 1.09. The third kappa shape index (κ3) is 4.47. The second-order valence-corrected chi connectivity index (χ2v) is 4.51. The Balaban J connectivity index is 1.87. The van der Waals surface area contributed by atoms with Gasteiger partial charge in [0, 0.05) is 17.3 Å². The summed E-state index contributed by atoms with van der Waals surface area (Å²) in [6.07, 6.45) is 0. The van der Waals surface area contributed by atoms with Crippen molar-refractivity contribution in [3.05, 3.63) is 59.1 Å². The number of nitrogens with one attached hydrogen (secondary N) is 1. The van der Waals surface area contributed by atoms with Crippen molar-refractivity contribution in [3.8, 4) is 5.75 Å². The highest BCUT2D eigenvalue weighted by atomic mass is 35.5. The van der Waals surface area contributed by atoms with E-state index in [2.05, 4.69) is 5.32 Å². The zero-order valence-corrected chi connectivity index (χ0v) is 11.2. The zero-order chi connectivity index (χ0) is 13.5. The minimum atomic E-state index is 0.0244. The van der Waals surface area contributed by atoms with Crippen LogP contribution in [0.3, 0.4) is 0 Å². The van der Waals surface area contributed by atoms with Gasteiger partial charge in [-0.15, -0.1) is 0 Å². The summed E-state index contributed by atoms with van der Waals surface area (Å²) in [7, 11) is 0. The van der Waals surface area contributed by atoms with Crippen molar-refractivity contribution in [2.45, 2.75) is 6.54 Å². The lowest BCUT2D eigenvalue weighted by Crippen LogP contribution is -2.02. The van der Waals surface area contributed by atoms with Crippen molar-refractivity contribution >= 4 is 17.3 Å². The Morgan fingerprint density at radius 3 is 2.32 bits per heavy atom. The van der Waals surface area contributed by atoms with E-state index in [1.165, 1.54) is 5.56 Å². The minimum Gasteiger partial charge on any atom is -0.491 e. The summed E-state index contributed by atoms with van der Waals surface area (Å²) in [6, 6.07) is 15.4. The molecule has 0 aliphatic rings. The molecular formula is C15H16ClNO2. The number of benzene rings is 2. The molecule has 0 aliphatic heterocycles. The van der Waals surface area contributed by atoms with Crippen LogP contribution in [0.15, 0.2) is 48.5 Å². The SMILES string of the molecule is OCCOc1ccc(NCc2ccc(Cl)cc2)cc1. The summed E-state index contributed by atoms with van der Waals surface area (Å²) >= 11 is 5.84. The Bertz CT molecular complexity index is 497. The molecule has 0 saturated carbocycles. The van der Waals surface area contributed by atoms with Crippen LogP contribution in [-0.2, 0) is 6.54 Å². The largest absolute Gasteiger partial charge is 0.491 e. The van der Waals surface area contributed by atoms with Crippen LogP contribution in [0.4, 0.5) is 5.69 Å². The zero-order valence-electron chi connectivity index (χ0n) is 10.5. The van der Waals surface area contributed by atoms with Crippen molar-refractivity contribution in [1.82, 2.24) is 0 Å². The predicted octanol–water partition coefficient (Wildman–Crippen LogP) is 3.32. The molecule has 0 radical (unpaired) electrons. The molecule has 0 aromatic heterocycles. The number of anilines is 1. The summed E-state index contributed by atoms with van der Waals surface area (Å²) < 4.78 is 5.29. The smallest absolute Gasteiger partial charge is 0.119 e. The molecule has 0 saturated heterocycles. The van der Waals surface area contributed by atoms with Gasteiger partial charge in [-0.3, -0.25) is 0 Å². The lowest BCUT2D eigenvalue weighted by Gasteiger charge is -2.08. The summed E-state index contributed by atoms with van der Waals surface area (Å²) in [4.78, 5) is 0. The maximum absolute atomic E-state index is 8.67. The average molecular weight is 278 g/mol. The Morgan fingerprint density at radius 1 is 1.00 bits per heavy atom. The topological polar surface area (TPSA) is 41.5 Å². The third-order valence-electron chi connectivity index (χ3n) is 2.62. The van der Waals surface area contributed by atoms with Gasteiger partial charge >= 0.3 is 0 Å². The van der Waals surface area contributed by atoms with Crippen LogP contribution in [0.2, 0.25) is 5.02 Å².